The molecule has 4 N–H and O–H groups in total. The van der Waals surface area contributed by atoms with Crippen molar-refractivity contribution in [3.8, 4) is 0 Å². The van der Waals surface area contributed by atoms with Crippen LogP contribution in [0.1, 0.15) is 84.4 Å². The van der Waals surface area contributed by atoms with Crippen molar-refractivity contribution in [2.45, 2.75) is 80.6 Å². The summed E-state index contributed by atoms with van der Waals surface area (Å²) < 4.78 is 13.0. The predicted molar refractivity (Wildman–Crippen MR) is 170 cm³/mol. The molecule has 3 aromatic rings. The molecule has 5 fully saturated rings. The number of pyridine rings is 1. The summed E-state index contributed by atoms with van der Waals surface area (Å²) in [5.74, 6) is 1.69. The van der Waals surface area contributed by atoms with Gasteiger partial charge in [-0.15, -0.1) is 11.8 Å². The molecule has 2 heterocycles. The van der Waals surface area contributed by atoms with Gasteiger partial charge in [0.2, 0.25) is 0 Å². The van der Waals surface area contributed by atoms with Crippen LogP contribution < -0.4 is 10.6 Å². The van der Waals surface area contributed by atoms with Crippen LogP contribution >= 0.6 is 11.8 Å². The number of carboxylic acids is 1. The number of hydrogen-bond donors (Lipinski definition) is 4. The van der Waals surface area contributed by atoms with E-state index in [-0.39, 0.29) is 35.9 Å². The number of urea groups is 1. The van der Waals surface area contributed by atoms with E-state index >= 15 is 0 Å². The molecule has 236 valence electrons. The van der Waals surface area contributed by atoms with Crippen molar-refractivity contribution in [2.24, 2.45) is 17.8 Å². The van der Waals surface area contributed by atoms with Gasteiger partial charge in [-0.1, -0.05) is 36.4 Å². The van der Waals surface area contributed by atoms with E-state index in [2.05, 4.69) is 15.6 Å². The number of rotatable bonds is 9. The lowest BCUT2D eigenvalue weighted by atomic mass is 9.53. The maximum Gasteiger partial charge on any atom is 0.338 e. The number of carboxylic acid groups (broad SMARTS) is 1. The van der Waals surface area contributed by atoms with E-state index in [9.17, 15) is 19.8 Å². The van der Waals surface area contributed by atoms with Crippen LogP contribution in [0.3, 0.4) is 0 Å². The summed E-state index contributed by atoms with van der Waals surface area (Å²) in [5, 5.41) is 26.0. The van der Waals surface area contributed by atoms with Gasteiger partial charge in [-0.2, -0.15) is 0 Å². The summed E-state index contributed by atoms with van der Waals surface area (Å²) >= 11 is 1.35. The zero-order chi connectivity index (χ0) is 31.0. The molecule has 9 nitrogen and oxygen atoms in total. The van der Waals surface area contributed by atoms with E-state index in [4.69, 9.17) is 9.47 Å². The Morgan fingerprint density at radius 1 is 0.911 bits per heavy atom. The molecule has 0 radical (unpaired) electrons. The first-order valence-corrected chi connectivity index (χ1v) is 16.8. The molecule has 0 unspecified atom stereocenters. The zero-order valence-corrected chi connectivity index (χ0v) is 25.9. The summed E-state index contributed by atoms with van der Waals surface area (Å²) in [6.45, 7) is -0.0387. The SMILES string of the molecule is O=C(Nc1cccc([C@@H]2O[C@H](CSc3ncccc3C(=O)O)C[C@H](c3ccc(CO)cc3)O2)c1)NC12CC3CC(CC(C3)C1)C2. The monoisotopic (exact) mass is 629 g/mol. The first-order valence-electron chi connectivity index (χ1n) is 15.9. The molecule has 5 aliphatic rings. The molecular formula is C35H39N3O6S. The number of thioether (sulfide) groups is 1. The maximum atomic E-state index is 13.3. The number of aromatic nitrogens is 1. The standard InChI is InChI=1S/C35H39N3O6S/c39-19-21-6-8-25(9-7-21)30-15-28(20-45-31-29(32(40)41)5-2-10-36-31)43-33(44-30)26-3-1-4-27(14-26)37-34(42)38-35-16-22-11-23(17-35)13-24(12-22)18-35/h1-10,14,22-24,28,30,33,39H,11-13,15-20H2,(H,40,41)(H2,37,38,42)/t22?,23?,24?,28-,30+,33+,35?/m0/s1. The Bertz CT molecular complexity index is 1510. The number of aliphatic hydroxyl groups excluding tert-OH is 1. The highest BCUT2D eigenvalue weighted by molar-refractivity contribution is 7.99. The van der Waals surface area contributed by atoms with Crippen LogP contribution in [0.2, 0.25) is 0 Å². The number of aromatic carboxylic acids is 1. The molecule has 10 heteroatoms. The summed E-state index contributed by atoms with van der Waals surface area (Å²) in [5.41, 5.74) is 3.30. The summed E-state index contributed by atoms with van der Waals surface area (Å²) in [7, 11) is 0. The van der Waals surface area contributed by atoms with Gasteiger partial charge >= 0.3 is 12.0 Å². The molecule has 8 rings (SSSR count). The van der Waals surface area contributed by atoms with E-state index < -0.39 is 12.3 Å². The molecule has 2 amide bonds. The van der Waals surface area contributed by atoms with Gasteiger partial charge in [0.25, 0.3) is 0 Å². The molecule has 45 heavy (non-hydrogen) atoms. The fourth-order valence-electron chi connectivity index (χ4n) is 8.29. The van der Waals surface area contributed by atoms with Gasteiger partial charge in [0.1, 0.15) is 5.03 Å². The number of benzene rings is 2. The van der Waals surface area contributed by atoms with Crippen molar-refractivity contribution in [3.63, 3.8) is 0 Å². The smallest absolute Gasteiger partial charge is 0.338 e. The Balaban J connectivity index is 1.07. The molecule has 1 saturated heterocycles. The second-order valence-corrected chi connectivity index (χ2v) is 14.2. The molecule has 1 aromatic heterocycles. The van der Waals surface area contributed by atoms with Gasteiger partial charge in [0.05, 0.1) is 24.4 Å². The molecule has 4 saturated carbocycles. The first-order chi connectivity index (χ1) is 21.8. The number of carbonyl (C=O) groups excluding carboxylic acids is 1. The van der Waals surface area contributed by atoms with Crippen LogP contribution in [0.15, 0.2) is 71.9 Å². The number of hydrogen-bond acceptors (Lipinski definition) is 7. The van der Waals surface area contributed by atoms with Crippen molar-refractivity contribution < 1.29 is 29.3 Å². The molecule has 1 aliphatic heterocycles. The average molecular weight is 630 g/mol. The predicted octanol–water partition coefficient (Wildman–Crippen LogP) is 6.70. The highest BCUT2D eigenvalue weighted by Crippen LogP contribution is 2.55. The lowest BCUT2D eigenvalue weighted by Gasteiger charge is -2.56. The Hall–Kier alpha value is -3.44. The Morgan fingerprint density at radius 3 is 2.33 bits per heavy atom. The van der Waals surface area contributed by atoms with E-state index in [1.807, 2.05) is 48.5 Å². The van der Waals surface area contributed by atoms with E-state index in [1.165, 1.54) is 31.0 Å². The molecule has 2 aromatic carbocycles. The third kappa shape index (κ3) is 6.74. The third-order valence-electron chi connectivity index (χ3n) is 9.86. The number of nitrogens with one attached hydrogen (secondary N) is 2. The Labute approximate surface area is 267 Å². The van der Waals surface area contributed by atoms with Gasteiger partial charge < -0.3 is 30.3 Å². The molecule has 3 atom stereocenters. The highest BCUT2D eigenvalue weighted by Gasteiger charge is 2.51. The van der Waals surface area contributed by atoms with Crippen LogP contribution in [0.25, 0.3) is 0 Å². The second kappa shape index (κ2) is 12.7. The fraction of sp³-hybridized carbons (Fsp3) is 0.457. The van der Waals surface area contributed by atoms with Crippen molar-refractivity contribution >= 4 is 29.4 Å². The zero-order valence-electron chi connectivity index (χ0n) is 25.1. The van der Waals surface area contributed by atoms with Crippen LogP contribution in [0.5, 0.6) is 0 Å². The van der Waals surface area contributed by atoms with Gasteiger partial charge in [-0.3, -0.25) is 0 Å². The molecule has 4 bridgehead atoms. The van der Waals surface area contributed by atoms with Gasteiger partial charge in [-0.25, -0.2) is 14.6 Å². The van der Waals surface area contributed by atoms with Gasteiger partial charge in [0.15, 0.2) is 6.29 Å². The summed E-state index contributed by atoms with van der Waals surface area (Å²) in [6, 6.07) is 18.3. The topological polar surface area (TPSA) is 130 Å². The normalized spacial score (nSPS) is 30.2. The number of aliphatic hydroxyl groups is 1. The van der Waals surface area contributed by atoms with Crippen LogP contribution in [0.4, 0.5) is 10.5 Å². The van der Waals surface area contributed by atoms with Crippen molar-refractivity contribution in [1.29, 1.82) is 0 Å². The van der Waals surface area contributed by atoms with E-state index in [0.717, 1.165) is 53.7 Å². The molecule has 0 spiro atoms. The molecular weight excluding hydrogens is 590 g/mol. The summed E-state index contributed by atoms with van der Waals surface area (Å²) in [4.78, 5) is 29.3. The lowest BCUT2D eigenvalue weighted by Crippen LogP contribution is -2.60. The number of nitrogens with zero attached hydrogens (tertiary/aromatic N) is 1. The fourth-order valence-corrected chi connectivity index (χ4v) is 9.30. The Kier molecular flexibility index (Phi) is 8.56. The largest absolute Gasteiger partial charge is 0.478 e. The third-order valence-corrected chi connectivity index (χ3v) is 11.0. The number of amides is 2. The molecule has 4 aliphatic carbocycles. The van der Waals surface area contributed by atoms with E-state index in [1.54, 1.807) is 18.3 Å². The number of ether oxygens (including phenoxy) is 2. The van der Waals surface area contributed by atoms with Crippen LogP contribution in [0, 0.1) is 17.8 Å². The van der Waals surface area contributed by atoms with Crippen molar-refractivity contribution in [1.82, 2.24) is 10.3 Å². The van der Waals surface area contributed by atoms with E-state index in [0.29, 0.717) is 22.9 Å². The maximum absolute atomic E-state index is 13.3. The summed E-state index contributed by atoms with van der Waals surface area (Å²) in [6.07, 6.45) is 8.10. The minimum absolute atomic E-state index is 0.0387. The quantitative estimate of drug-likeness (QED) is 0.193. The minimum Gasteiger partial charge on any atom is -0.478 e. The highest BCUT2D eigenvalue weighted by atomic mass is 32.2. The second-order valence-electron chi connectivity index (χ2n) is 13.2. The van der Waals surface area contributed by atoms with Gasteiger partial charge in [-0.05, 0) is 91.7 Å². The Morgan fingerprint density at radius 2 is 1.64 bits per heavy atom. The van der Waals surface area contributed by atoms with Crippen molar-refractivity contribution in [3.05, 3.63) is 89.1 Å². The van der Waals surface area contributed by atoms with Gasteiger partial charge in [0, 0.05) is 35.2 Å². The van der Waals surface area contributed by atoms with Crippen molar-refractivity contribution in [2.75, 3.05) is 11.1 Å². The average Bonchev–Trinajstić information content (AvgIpc) is 3.03. The number of carbonyl (C=O) groups is 2. The van der Waals surface area contributed by atoms with Crippen LogP contribution in [-0.4, -0.2) is 44.6 Å². The first kappa shape index (κ1) is 30.2. The number of anilines is 1. The van der Waals surface area contributed by atoms with Crippen LogP contribution in [-0.2, 0) is 16.1 Å². The lowest BCUT2D eigenvalue weighted by molar-refractivity contribution is -0.245. The minimum atomic E-state index is -1.02.